The lowest BCUT2D eigenvalue weighted by Crippen LogP contribution is -2.42. The lowest BCUT2D eigenvalue weighted by Gasteiger charge is -2.29. The van der Waals surface area contributed by atoms with Crippen LogP contribution in [-0.2, 0) is 14.3 Å². The SMILES string of the molecule is COCCN1C[C@@H](NC(=O)Nc2c(C)c(C3=CCN(C(=O)OC(C)(C)C)CC3)nn2-c2ccccc2)[C@H](c2cnc(F)c(F)c2)O1. The number of carbonyl (C=O) groups excluding carboxylic acids is 2. The van der Waals surface area contributed by atoms with Crippen molar-refractivity contribution in [3.63, 3.8) is 0 Å². The molecule has 0 saturated carbocycles. The van der Waals surface area contributed by atoms with Gasteiger partial charge in [-0.05, 0) is 57.9 Å². The van der Waals surface area contributed by atoms with Crippen LogP contribution in [0.5, 0.6) is 0 Å². The summed E-state index contributed by atoms with van der Waals surface area (Å²) in [6, 6.07) is 9.24. The molecule has 0 unspecified atom stereocenters. The zero-order valence-corrected chi connectivity index (χ0v) is 26.5. The number of nitrogens with one attached hydrogen (secondary N) is 2. The maximum Gasteiger partial charge on any atom is 0.410 e. The quantitative estimate of drug-likeness (QED) is 0.330. The van der Waals surface area contributed by atoms with Gasteiger partial charge in [0, 0.05) is 50.6 Å². The number of methoxy groups -OCH3 is 1. The average molecular weight is 640 g/mol. The Kier molecular flexibility index (Phi) is 9.99. The number of halogens is 2. The fraction of sp³-hybridized carbons (Fsp3) is 0.438. The summed E-state index contributed by atoms with van der Waals surface area (Å²) in [5.41, 5.74) is 2.80. The van der Waals surface area contributed by atoms with E-state index in [2.05, 4.69) is 15.6 Å². The van der Waals surface area contributed by atoms with E-state index in [1.165, 1.54) is 6.20 Å². The first-order valence-corrected chi connectivity index (χ1v) is 15.0. The van der Waals surface area contributed by atoms with Gasteiger partial charge in [-0.15, -0.1) is 0 Å². The Morgan fingerprint density at radius 1 is 1.17 bits per heavy atom. The number of urea groups is 1. The molecular weight excluding hydrogens is 600 g/mol. The highest BCUT2D eigenvalue weighted by Gasteiger charge is 2.37. The minimum absolute atomic E-state index is 0.268. The molecule has 0 spiro atoms. The number of pyridine rings is 1. The van der Waals surface area contributed by atoms with Gasteiger partial charge in [0.2, 0.25) is 5.95 Å². The first-order chi connectivity index (χ1) is 21.9. The van der Waals surface area contributed by atoms with Crippen LogP contribution in [0.2, 0.25) is 0 Å². The number of ether oxygens (including phenoxy) is 2. The molecule has 1 saturated heterocycles. The van der Waals surface area contributed by atoms with Crippen molar-refractivity contribution < 1.29 is 32.7 Å². The molecular formula is C32H39F2N7O5. The van der Waals surface area contributed by atoms with Gasteiger partial charge in [0.15, 0.2) is 5.82 Å². The van der Waals surface area contributed by atoms with Crippen LogP contribution in [0.25, 0.3) is 11.3 Å². The summed E-state index contributed by atoms with van der Waals surface area (Å²) in [5.74, 6) is -1.87. The minimum Gasteiger partial charge on any atom is -0.444 e. The van der Waals surface area contributed by atoms with Crippen LogP contribution in [0.1, 0.15) is 50.1 Å². The monoisotopic (exact) mass is 639 g/mol. The predicted octanol–water partition coefficient (Wildman–Crippen LogP) is 5.00. The largest absolute Gasteiger partial charge is 0.444 e. The van der Waals surface area contributed by atoms with Crippen molar-refractivity contribution in [3.8, 4) is 5.69 Å². The summed E-state index contributed by atoms with van der Waals surface area (Å²) in [5, 5.41) is 12.4. The number of aromatic nitrogens is 3. The topological polar surface area (TPSA) is 123 Å². The van der Waals surface area contributed by atoms with E-state index >= 15 is 0 Å². The van der Waals surface area contributed by atoms with Crippen LogP contribution in [0.4, 0.5) is 24.2 Å². The summed E-state index contributed by atoms with van der Waals surface area (Å²) < 4.78 is 40.0. The van der Waals surface area contributed by atoms with Gasteiger partial charge in [-0.2, -0.15) is 14.6 Å². The summed E-state index contributed by atoms with van der Waals surface area (Å²) in [7, 11) is 1.56. The number of carbonyl (C=O) groups is 2. The van der Waals surface area contributed by atoms with Crippen LogP contribution in [-0.4, -0.2) is 88.4 Å². The van der Waals surface area contributed by atoms with Crippen LogP contribution in [0, 0.1) is 18.7 Å². The van der Waals surface area contributed by atoms with Crippen LogP contribution in [0.15, 0.2) is 48.7 Å². The zero-order chi connectivity index (χ0) is 33.0. The van der Waals surface area contributed by atoms with Gasteiger partial charge < -0.3 is 19.7 Å². The van der Waals surface area contributed by atoms with Crippen LogP contribution < -0.4 is 10.6 Å². The lowest BCUT2D eigenvalue weighted by atomic mass is 10.0. The Hall–Kier alpha value is -4.40. The zero-order valence-electron chi connectivity index (χ0n) is 26.5. The summed E-state index contributed by atoms with van der Waals surface area (Å²) in [6.45, 7) is 9.23. The number of hydrogen-bond acceptors (Lipinski definition) is 8. The number of amides is 3. The highest BCUT2D eigenvalue weighted by molar-refractivity contribution is 5.91. The van der Waals surface area contributed by atoms with Crippen molar-refractivity contribution in [2.45, 2.75) is 51.9 Å². The molecule has 0 aliphatic carbocycles. The summed E-state index contributed by atoms with van der Waals surface area (Å²) in [6.07, 6.45) is 2.51. The molecule has 1 aromatic carbocycles. The molecule has 3 aromatic rings. The van der Waals surface area contributed by atoms with E-state index in [4.69, 9.17) is 19.4 Å². The smallest absolute Gasteiger partial charge is 0.410 e. The Balaban J connectivity index is 1.38. The minimum atomic E-state index is -1.22. The van der Waals surface area contributed by atoms with E-state index in [1.54, 1.807) is 21.8 Å². The summed E-state index contributed by atoms with van der Waals surface area (Å²) >= 11 is 0. The normalized spacial score (nSPS) is 18.8. The fourth-order valence-electron chi connectivity index (χ4n) is 5.33. The molecule has 0 bridgehead atoms. The average Bonchev–Trinajstić information content (AvgIpc) is 3.57. The second-order valence-corrected chi connectivity index (χ2v) is 12.1. The molecule has 3 amide bonds. The van der Waals surface area contributed by atoms with E-state index < -0.39 is 35.5 Å². The van der Waals surface area contributed by atoms with Crippen molar-refractivity contribution in [3.05, 3.63) is 77.3 Å². The molecule has 46 heavy (non-hydrogen) atoms. The number of hydroxylamine groups is 2. The fourth-order valence-corrected chi connectivity index (χ4v) is 5.33. The first kappa shape index (κ1) is 33.0. The van der Waals surface area contributed by atoms with Gasteiger partial charge in [-0.3, -0.25) is 10.2 Å². The highest BCUT2D eigenvalue weighted by atomic mass is 19.2. The molecule has 12 nitrogen and oxygen atoms in total. The molecule has 0 radical (unpaired) electrons. The van der Waals surface area contributed by atoms with Gasteiger partial charge in [0.05, 0.1) is 24.0 Å². The van der Waals surface area contributed by atoms with E-state index in [-0.39, 0.29) is 18.2 Å². The third-order valence-corrected chi connectivity index (χ3v) is 7.56. The number of hydrogen-bond donors (Lipinski definition) is 2. The molecule has 246 valence electrons. The molecule has 2 N–H and O–H groups in total. The maximum atomic E-state index is 14.1. The highest BCUT2D eigenvalue weighted by Crippen LogP contribution is 2.33. The maximum absolute atomic E-state index is 14.1. The van der Waals surface area contributed by atoms with E-state index in [1.807, 2.05) is 64.1 Å². The Bertz CT molecular complexity index is 1590. The van der Waals surface area contributed by atoms with Gasteiger partial charge in [0.25, 0.3) is 0 Å². The predicted molar refractivity (Wildman–Crippen MR) is 166 cm³/mol. The molecule has 5 rings (SSSR count). The number of anilines is 1. The number of rotatable bonds is 8. The second-order valence-electron chi connectivity index (χ2n) is 12.1. The van der Waals surface area contributed by atoms with Crippen LogP contribution >= 0.6 is 0 Å². The number of benzene rings is 1. The van der Waals surface area contributed by atoms with Crippen molar-refractivity contribution in [2.75, 3.05) is 45.2 Å². The number of para-hydroxylation sites is 1. The van der Waals surface area contributed by atoms with Crippen molar-refractivity contribution in [1.29, 1.82) is 0 Å². The Morgan fingerprint density at radius 3 is 2.59 bits per heavy atom. The summed E-state index contributed by atoms with van der Waals surface area (Å²) in [4.78, 5) is 37.3. The molecule has 14 heteroatoms. The van der Waals surface area contributed by atoms with Gasteiger partial charge >= 0.3 is 12.1 Å². The molecule has 2 aliphatic rings. The van der Waals surface area contributed by atoms with E-state index in [0.29, 0.717) is 44.2 Å². The second kappa shape index (κ2) is 13.9. The molecule has 1 fully saturated rings. The van der Waals surface area contributed by atoms with Crippen molar-refractivity contribution >= 4 is 23.5 Å². The molecule has 2 aliphatic heterocycles. The van der Waals surface area contributed by atoms with Crippen molar-refractivity contribution in [2.24, 2.45) is 0 Å². The number of nitrogens with zero attached hydrogens (tertiary/aromatic N) is 5. The third kappa shape index (κ3) is 7.69. The van der Waals surface area contributed by atoms with Gasteiger partial charge in [0.1, 0.15) is 17.5 Å². The van der Waals surface area contributed by atoms with E-state index in [9.17, 15) is 18.4 Å². The van der Waals surface area contributed by atoms with Crippen molar-refractivity contribution in [1.82, 2.24) is 30.0 Å². The van der Waals surface area contributed by atoms with E-state index in [0.717, 1.165) is 22.9 Å². The Labute approximate surface area is 266 Å². The molecule has 4 heterocycles. The first-order valence-electron chi connectivity index (χ1n) is 15.0. The Morgan fingerprint density at radius 2 is 1.93 bits per heavy atom. The molecule has 2 aromatic heterocycles. The van der Waals surface area contributed by atoms with Crippen LogP contribution in [0.3, 0.4) is 0 Å². The molecule has 2 atom stereocenters. The van der Waals surface area contributed by atoms with Gasteiger partial charge in [-0.25, -0.2) is 23.6 Å². The van der Waals surface area contributed by atoms with Gasteiger partial charge in [-0.1, -0.05) is 24.3 Å². The lowest BCUT2D eigenvalue weighted by molar-refractivity contribution is -0.154. The third-order valence-electron chi connectivity index (χ3n) is 7.56. The standard InChI is InChI=1S/C32H39F2N7O5/c1-20-26(21-11-13-39(14-12-21)31(43)45-32(2,3)4)38-41(23-9-7-6-8-10-23)29(20)37-30(42)36-25-19-40(15-16-44-5)46-27(25)22-17-24(33)28(34)35-18-22/h6-11,17-18,25,27H,12-16,19H2,1-5H3,(H2,36,37,42)/t25-,27+/m1/s1.